The van der Waals surface area contributed by atoms with E-state index in [0.29, 0.717) is 43.2 Å². The Balaban J connectivity index is 1.51. The number of ether oxygens (including phenoxy) is 2. The van der Waals surface area contributed by atoms with E-state index in [1.165, 1.54) is 10.9 Å². The van der Waals surface area contributed by atoms with Crippen LogP contribution in [0.3, 0.4) is 0 Å². The molecule has 2 atom stereocenters. The molecule has 0 unspecified atom stereocenters. The lowest BCUT2D eigenvalue weighted by atomic mass is 9.89. The number of pyridine rings is 1. The fourth-order valence-electron chi connectivity index (χ4n) is 4.74. The first kappa shape index (κ1) is 22.0. The summed E-state index contributed by atoms with van der Waals surface area (Å²) < 4.78 is 43.7. The van der Waals surface area contributed by atoms with Crippen molar-refractivity contribution in [3.05, 3.63) is 35.7 Å². The molecule has 1 aromatic carbocycles. The Morgan fingerprint density at radius 1 is 1.17 bits per heavy atom. The molecule has 184 valence electrons. The summed E-state index contributed by atoms with van der Waals surface area (Å²) in [5.41, 5.74) is 1.72. The molecule has 0 spiro atoms. The lowest BCUT2D eigenvalue weighted by molar-refractivity contribution is -0.0332. The maximum Gasteiger partial charge on any atom is 0.328 e. The Labute approximate surface area is 199 Å². The molecule has 2 fully saturated rings. The molecule has 0 radical (unpaired) electrons. The van der Waals surface area contributed by atoms with Crippen LogP contribution in [-0.4, -0.2) is 66.1 Å². The van der Waals surface area contributed by atoms with E-state index in [-0.39, 0.29) is 47.2 Å². The van der Waals surface area contributed by atoms with Crippen LogP contribution in [0, 0.1) is 11.6 Å². The van der Waals surface area contributed by atoms with E-state index in [2.05, 4.69) is 25.9 Å². The van der Waals surface area contributed by atoms with Gasteiger partial charge in [-0.15, -0.1) is 0 Å². The Morgan fingerprint density at radius 3 is 2.74 bits per heavy atom. The molecule has 3 aromatic rings. The molecule has 6 rings (SSSR count). The summed E-state index contributed by atoms with van der Waals surface area (Å²) in [7, 11) is 1.57. The van der Waals surface area contributed by atoms with Gasteiger partial charge in [-0.05, 0) is 25.0 Å². The number of halogens is 2. The number of anilines is 4. The summed E-state index contributed by atoms with van der Waals surface area (Å²) in [5.74, 6) is -1.16. The number of imidazole rings is 1. The average Bonchev–Trinajstić information content (AvgIpc) is 3.27. The van der Waals surface area contributed by atoms with Crippen molar-refractivity contribution in [1.82, 2.24) is 19.9 Å². The SMILES string of the molecule is CNc1c(F)c2nc3c1ncn3C(=O)N[C@@H]1CC[C@H]1OCc1cc(cc(N3CCOCC3)c1F)N2. The van der Waals surface area contributed by atoms with Crippen LogP contribution in [0.15, 0.2) is 18.5 Å². The van der Waals surface area contributed by atoms with Crippen molar-refractivity contribution in [2.75, 3.05) is 48.9 Å². The number of hydrogen-bond acceptors (Lipinski definition) is 8. The maximum absolute atomic E-state index is 15.6. The third-order valence-electron chi connectivity index (χ3n) is 6.81. The number of benzene rings is 1. The number of nitrogens with zero attached hydrogens (tertiary/aromatic N) is 4. The van der Waals surface area contributed by atoms with Gasteiger partial charge in [-0.2, -0.15) is 0 Å². The molecule has 35 heavy (non-hydrogen) atoms. The number of hydrogen-bond donors (Lipinski definition) is 3. The predicted molar refractivity (Wildman–Crippen MR) is 125 cm³/mol. The van der Waals surface area contributed by atoms with Crippen molar-refractivity contribution in [1.29, 1.82) is 0 Å². The topological polar surface area (TPSA) is 106 Å². The van der Waals surface area contributed by atoms with Crippen molar-refractivity contribution < 1.29 is 23.0 Å². The van der Waals surface area contributed by atoms with Gasteiger partial charge in [0.25, 0.3) is 0 Å². The second kappa shape index (κ2) is 8.61. The van der Waals surface area contributed by atoms with Crippen molar-refractivity contribution in [3.63, 3.8) is 0 Å². The number of amides is 1. The number of nitrogens with one attached hydrogen (secondary N) is 3. The molecule has 12 heteroatoms. The molecule has 3 aliphatic rings. The Morgan fingerprint density at radius 2 is 2.00 bits per heavy atom. The van der Waals surface area contributed by atoms with Crippen molar-refractivity contribution >= 4 is 40.1 Å². The summed E-state index contributed by atoms with van der Waals surface area (Å²) >= 11 is 0. The van der Waals surface area contributed by atoms with Gasteiger partial charge in [-0.1, -0.05) is 0 Å². The summed E-state index contributed by atoms with van der Waals surface area (Å²) in [6.07, 6.45) is 2.57. The largest absolute Gasteiger partial charge is 0.384 e. The lowest BCUT2D eigenvalue weighted by Crippen LogP contribution is -2.52. The minimum absolute atomic E-state index is 0.0166. The first-order valence-corrected chi connectivity index (χ1v) is 11.6. The molecule has 1 amide bonds. The molecule has 1 saturated heterocycles. The van der Waals surface area contributed by atoms with Crippen molar-refractivity contribution in [2.45, 2.75) is 31.6 Å². The van der Waals surface area contributed by atoms with Crippen LogP contribution in [0.25, 0.3) is 11.2 Å². The van der Waals surface area contributed by atoms with E-state index in [1.807, 2.05) is 4.90 Å². The number of fused-ring (bicyclic) bond motifs is 4. The zero-order valence-corrected chi connectivity index (χ0v) is 19.1. The minimum atomic E-state index is -0.660. The van der Waals surface area contributed by atoms with Crippen LogP contribution < -0.4 is 20.9 Å². The number of aromatic nitrogens is 3. The number of morpholine rings is 1. The Hall–Kier alpha value is -3.51. The zero-order valence-electron chi connectivity index (χ0n) is 19.1. The highest BCUT2D eigenvalue weighted by Crippen LogP contribution is 2.35. The molecule has 1 aliphatic carbocycles. The highest BCUT2D eigenvalue weighted by molar-refractivity contribution is 5.95. The number of rotatable bonds is 2. The van der Waals surface area contributed by atoms with Crippen LogP contribution >= 0.6 is 0 Å². The third kappa shape index (κ3) is 3.73. The summed E-state index contributed by atoms with van der Waals surface area (Å²) in [4.78, 5) is 23.5. The highest BCUT2D eigenvalue weighted by atomic mass is 19.1. The lowest BCUT2D eigenvalue weighted by Gasteiger charge is -2.37. The fraction of sp³-hybridized carbons (Fsp3) is 0.435. The van der Waals surface area contributed by atoms with Gasteiger partial charge < -0.3 is 30.3 Å². The number of carbonyl (C=O) groups is 1. The molecule has 4 bridgehead atoms. The molecule has 10 nitrogen and oxygen atoms in total. The van der Waals surface area contributed by atoms with Gasteiger partial charge in [0.05, 0.1) is 37.7 Å². The Kier molecular flexibility index (Phi) is 5.41. The summed E-state index contributed by atoms with van der Waals surface area (Å²) in [6.45, 7) is 2.09. The quantitative estimate of drug-likeness (QED) is 0.509. The van der Waals surface area contributed by atoms with Gasteiger partial charge in [0, 0.05) is 31.4 Å². The minimum Gasteiger partial charge on any atom is -0.384 e. The van der Waals surface area contributed by atoms with Gasteiger partial charge in [-0.25, -0.2) is 28.1 Å². The van der Waals surface area contributed by atoms with Crippen LogP contribution in [-0.2, 0) is 16.1 Å². The molecular formula is C23H25F2N7O3. The van der Waals surface area contributed by atoms with Crippen LogP contribution in [0.1, 0.15) is 18.4 Å². The molecule has 1 saturated carbocycles. The molecule has 4 heterocycles. The molecule has 2 aliphatic heterocycles. The van der Waals surface area contributed by atoms with Crippen molar-refractivity contribution in [3.8, 4) is 0 Å². The zero-order chi connectivity index (χ0) is 24.1. The third-order valence-corrected chi connectivity index (χ3v) is 6.81. The van der Waals surface area contributed by atoms with Crippen LogP contribution in [0.5, 0.6) is 0 Å². The van der Waals surface area contributed by atoms with E-state index in [0.717, 1.165) is 12.8 Å². The fourth-order valence-corrected chi connectivity index (χ4v) is 4.74. The highest BCUT2D eigenvalue weighted by Gasteiger charge is 2.34. The van der Waals surface area contributed by atoms with E-state index in [9.17, 15) is 4.79 Å². The summed E-state index contributed by atoms with van der Waals surface area (Å²) in [5, 5.41) is 8.74. The van der Waals surface area contributed by atoms with Gasteiger partial charge in [0.1, 0.15) is 17.5 Å². The smallest absolute Gasteiger partial charge is 0.328 e. The molecular weight excluding hydrogens is 460 g/mol. The van der Waals surface area contributed by atoms with Gasteiger partial charge >= 0.3 is 6.03 Å². The standard InChI is InChI=1S/C23H25F2N7O3/c1-26-19-18(25)21-28-13-8-12(17(24)15(9-13)31-4-6-34-7-5-31)10-35-16-3-2-14(16)29-23(33)32-11-27-20(19)22(32)30-21/h8-9,11,14,16H,2-7,10H2,1H3,(H,29,33)(H2,26,28,30)/t14-,16-/m1/s1. The first-order chi connectivity index (χ1) is 17.0. The van der Waals surface area contributed by atoms with Crippen LogP contribution in [0.2, 0.25) is 0 Å². The predicted octanol–water partition coefficient (Wildman–Crippen LogP) is 2.95. The summed E-state index contributed by atoms with van der Waals surface area (Å²) in [6, 6.07) is 2.58. The van der Waals surface area contributed by atoms with E-state index in [4.69, 9.17) is 9.47 Å². The second-order valence-electron chi connectivity index (χ2n) is 8.86. The average molecular weight is 485 g/mol. The monoisotopic (exact) mass is 485 g/mol. The van der Waals surface area contributed by atoms with Gasteiger partial charge in [0.2, 0.25) is 0 Å². The molecule has 2 aromatic heterocycles. The van der Waals surface area contributed by atoms with Crippen LogP contribution in [0.4, 0.5) is 36.5 Å². The molecule has 3 N–H and O–H groups in total. The van der Waals surface area contributed by atoms with Gasteiger partial charge in [-0.3, -0.25) is 0 Å². The first-order valence-electron chi connectivity index (χ1n) is 11.6. The van der Waals surface area contributed by atoms with E-state index >= 15 is 8.78 Å². The van der Waals surface area contributed by atoms with E-state index < -0.39 is 11.8 Å². The van der Waals surface area contributed by atoms with Gasteiger partial charge in [0.15, 0.2) is 23.1 Å². The Bertz CT molecular complexity index is 1310. The number of carbonyl (C=O) groups excluding carboxylic acids is 1. The van der Waals surface area contributed by atoms with E-state index in [1.54, 1.807) is 19.2 Å². The second-order valence-corrected chi connectivity index (χ2v) is 8.86. The maximum atomic E-state index is 15.6. The normalized spacial score (nSPS) is 22.1. The van der Waals surface area contributed by atoms with Crippen molar-refractivity contribution in [2.24, 2.45) is 0 Å².